The molecular formula is C16H20BNO3. The van der Waals surface area contributed by atoms with Crippen LogP contribution in [0.5, 0.6) is 0 Å². The second-order valence-corrected chi connectivity index (χ2v) is 6.46. The Balaban J connectivity index is 1.83. The molecule has 1 saturated heterocycles. The van der Waals surface area contributed by atoms with Gasteiger partial charge in [-0.2, -0.15) is 0 Å². The largest absolute Gasteiger partial charge is 0.494 e. The average Bonchev–Trinajstić information content (AvgIpc) is 2.92. The normalized spacial score (nSPS) is 20.0. The first-order valence-corrected chi connectivity index (χ1v) is 7.17. The number of nitrogens with zero attached hydrogens (tertiary/aromatic N) is 1. The minimum absolute atomic E-state index is 0.320. The lowest BCUT2D eigenvalue weighted by molar-refractivity contribution is 0.00578. The van der Waals surface area contributed by atoms with Gasteiger partial charge in [-0.15, -0.1) is 0 Å². The lowest BCUT2D eigenvalue weighted by Crippen LogP contribution is -2.41. The van der Waals surface area contributed by atoms with Gasteiger partial charge in [-0.05, 0) is 33.2 Å². The summed E-state index contributed by atoms with van der Waals surface area (Å²) in [4.78, 5) is 4.33. The Morgan fingerprint density at radius 1 is 0.952 bits per heavy atom. The third-order valence-electron chi connectivity index (χ3n) is 4.35. The second-order valence-electron chi connectivity index (χ2n) is 6.46. The van der Waals surface area contributed by atoms with Crippen LogP contribution in [-0.4, -0.2) is 23.3 Å². The van der Waals surface area contributed by atoms with E-state index in [0.29, 0.717) is 5.89 Å². The van der Waals surface area contributed by atoms with Crippen LogP contribution in [0.15, 0.2) is 34.9 Å². The van der Waals surface area contributed by atoms with Crippen LogP contribution in [0.4, 0.5) is 0 Å². The van der Waals surface area contributed by atoms with Gasteiger partial charge in [-0.3, -0.25) is 0 Å². The molecule has 2 aromatic rings. The molecule has 21 heavy (non-hydrogen) atoms. The minimum atomic E-state index is -0.330. The number of benzene rings is 1. The predicted molar refractivity (Wildman–Crippen MR) is 82.4 cm³/mol. The standard InChI is InChI=1S/C16H20BNO3/c1-11-18-14(10-19-11)12-6-8-13(9-7-12)17-20-15(2,3)16(4,5)21-17/h6-10H,1-5H3. The summed E-state index contributed by atoms with van der Waals surface area (Å²) >= 11 is 0. The zero-order chi connectivity index (χ0) is 15.3. The number of oxazole rings is 1. The minimum Gasteiger partial charge on any atom is -0.449 e. The number of hydrogen-bond acceptors (Lipinski definition) is 4. The van der Waals surface area contributed by atoms with E-state index < -0.39 is 0 Å². The van der Waals surface area contributed by atoms with E-state index in [1.165, 1.54) is 0 Å². The molecule has 1 aliphatic rings. The molecule has 0 aliphatic carbocycles. The van der Waals surface area contributed by atoms with Gasteiger partial charge < -0.3 is 13.7 Å². The summed E-state index contributed by atoms with van der Waals surface area (Å²) in [5.74, 6) is 0.667. The van der Waals surface area contributed by atoms with Gasteiger partial charge in [-0.1, -0.05) is 24.3 Å². The maximum Gasteiger partial charge on any atom is 0.494 e. The van der Waals surface area contributed by atoms with Crippen molar-refractivity contribution in [3.63, 3.8) is 0 Å². The lowest BCUT2D eigenvalue weighted by Gasteiger charge is -2.32. The molecular weight excluding hydrogens is 265 g/mol. The van der Waals surface area contributed by atoms with Crippen molar-refractivity contribution in [1.82, 2.24) is 4.98 Å². The van der Waals surface area contributed by atoms with E-state index in [2.05, 4.69) is 32.7 Å². The third kappa shape index (κ3) is 2.52. The van der Waals surface area contributed by atoms with Gasteiger partial charge in [-0.25, -0.2) is 4.98 Å². The molecule has 1 aliphatic heterocycles. The summed E-state index contributed by atoms with van der Waals surface area (Å²) in [6, 6.07) is 8.05. The summed E-state index contributed by atoms with van der Waals surface area (Å²) in [7, 11) is -0.330. The Hall–Kier alpha value is -1.59. The Labute approximate surface area is 125 Å². The number of aromatic nitrogens is 1. The quantitative estimate of drug-likeness (QED) is 0.796. The molecule has 0 spiro atoms. The fourth-order valence-corrected chi connectivity index (χ4v) is 2.29. The van der Waals surface area contributed by atoms with Crippen LogP contribution in [0.3, 0.4) is 0 Å². The van der Waals surface area contributed by atoms with Gasteiger partial charge in [0.25, 0.3) is 0 Å². The zero-order valence-corrected chi connectivity index (χ0v) is 13.1. The second kappa shape index (κ2) is 4.72. The molecule has 4 nitrogen and oxygen atoms in total. The van der Waals surface area contributed by atoms with E-state index in [4.69, 9.17) is 13.7 Å². The van der Waals surface area contributed by atoms with Gasteiger partial charge in [0.1, 0.15) is 12.0 Å². The first-order chi connectivity index (χ1) is 9.78. The van der Waals surface area contributed by atoms with E-state index >= 15 is 0 Å². The van der Waals surface area contributed by atoms with Crippen molar-refractivity contribution in [2.24, 2.45) is 0 Å². The van der Waals surface area contributed by atoms with Gasteiger partial charge in [0.05, 0.1) is 11.2 Å². The fourth-order valence-electron chi connectivity index (χ4n) is 2.29. The maximum absolute atomic E-state index is 6.04. The molecule has 0 atom stereocenters. The molecule has 110 valence electrons. The van der Waals surface area contributed by atoms with Gasteiger partial charge in [0.2, 0.25) is 0 Å². The van der Waals surface area contributed by atoms with Gasteiger partial charge >= 0.3 is 7.12 Å². The van der Waals surface area contributed by atoms with Crippen LogP contribution >= 0.6 is 0 Å². The van der Waals surface area contributed by atoms with Crippen LogP contribution in [0.1, 0.15) is 33.6 Å². The monoisotopic (exact) mass is 285 g/mol. The smallest absolute Gasteiger partial charge is 0.449 e. The topological polar surface area (TPSA) is 44.5 Å². The molecule has 1 aromatic heterocycles. The lowest BCUT2D eigenvalue weighted by atomic mass is 9.79. The highest BCUT2D eigenvalue weighted by Gasteiger charge is 2.51. The van der Waals surface area contributed by atoms with E-state index in [9.17, 15) is 0 Å². The SMILES string of the molecule is Cc1nc(-c2ccc(B3OC(C)(C)C(C)(C)O3)cc2)co1. The maximum atomic E-state index is 6.04. The van der Waals surface area contributed by atoms with Gasteiger partial charge in [0, 0.05) is 12.5 Å². The highest BCUT2D eigenvalue weighted by molar-refractivity contribution is 6.62. The van der Waals surface area contributed by atoms with Crippen molar-refractivity contribution in [2.75, 3.05) is 0 Å². The molecule has 3 rings (SSSR count). The summed E-state index contributed by atoms with van der Waals surface area (Å²) in [5, 5.41) is 0. The zero-order valence-electron chi connectivity index (χ0n) is 13.1. The number of hydrogen-bond donors (Lipinski definition) is 0. The molecule has 5 heteroatoms. The average molecular weight is 285 g/mol. The summed E-state index contributed by atoms with van der Waals surface area (Å²) in [5.41, 5.74) is 2.23. The third-order valence-corrected chi connectivity index (χ3v) is 4.35. The number of aryl methyl sites for hydroxylation is 1. The molecule has 0 N–H and O–H groups in total. The molecule has 0 amide bonds. The van der Waals surface area contributed by atoms with Crippen molar-refractivity contribution < 1.29 is 13.7 Å². The predicted octanol–water partition coefficient (Wildman–Crippen LogP) is 2.95. The molecule has 0 saturated carbocycles. The van der Waals surface area contributed by atoms with Crippen molar-refractivity contribution in [1.29, 1.82) is 0 Å². The Morgan fingerprint density at radius 3 is 2.00 bits per heavy atom. The van der Waals surface area contributed by atoms with E-state index in [-0.39, 0.29) is 18.3 Å². The van der Waals surface area contributed by atoms with E-state index in [0.717, 1.165) is 16.7 Å². The molecule has 2 heterocycles. The first-order valence-electron chi connectivity index (χ1n) is 7.17. The van der Waals surface area contributed by atoms with E-state index in [1.807, 2.05) is 31.2 Å². The molecule has 1 aromatic carbocycles. The van der Waals surface area contributed by atoms with E-state index in [1.54, 1.807) is 6.26 Å². The Kier molecular flexibility index (Phi) is 3.22. The van der Waals surface area contributed by atoms with Crippen LogP contribution in [0.25, 0.3) is 11.3 Å². The first kappa shape index (κ1) is 14.4. The van der Waals surface area contributed by atoms with Crippen LogP contribution in [0, 0.1) is 6.92 Å². The van der Waals surface area contributed by atoms with Gasteiger partial charge in [0.15, 0.2) is 5.89 Å². The van der Waals surface area contributed by atoms with Crippen LogP contribution in [-0.2, 0) is 9.31 Å². The van der Waals surface area contributed by atoms with Crippen molar-refractivity contribution in [2.45, 2.75) is 45.8 Å². The van der Waals surface area contributed by atoms with Crippen molar-refractivity contribution in [3.8, 4) is 11.3 Å². The van der Waals surface area contributed by atoms with Crippen molar-refractivity contribution in [3.05, 3.63) is 36.4 Å². The van der Waals surface area contributed by atoms with Crippen LogP contribution < -0.4 is 5.46 Å². The summed E-state index contributed by atoms with van der Waals surface area (Å²) in [6.07, 6.45) is 1.67. The molecule has 1 fully saturated rings. The number of rotatable bonds is 2. The highest BCUT2D eigenvalue weighted by Crippen LogP contribution is 2.36. The summed E-state index contributed by atoms with van der Waals surface area (Å²) in [6.45, 7) is 10.1. The Morgan fingerprint density at radius 2 is 1.52 bits per heavy atom. The van der Waals surface area contributed by atoms with Crippen molar-refractivity contribution >= 4 is 12.6 Å². The summed E-state index contributed by atoms with van der Waals surface area (Å²) < 4.78 is 17.3. The fraction of sp³-hybridized carbons (Fsp3) is 0.438. The Bertz CT molecular complexity index is 630. The molecule has 0 unspecified atom stereocenters. The molecule has 0 bridgehead atoms. The molecule has 0 radical (unpaired) electrons. The highest BCUT2D eigenvalue weighted by atomic mass is 16.7. The van der Waals surface area contributed by atoms with Crippen LogP contribution in [0.2, 0.25) is 0 Å².